The topological polar surface area (TPSA) is 116 Å². The molecule has 21 heavy (non-hydrogen) atoms. The van der Waals surface area contributed by atoms with Crippen molar-refractivity contribution < 1.29 is 29.6 Å². The summed E-state index contributed by atoms with van der Waals surface area (Å²) >= 11 is 0. The van der Waals surface area contributed by atoms with Gasteiger partial charge in [-0.3, -0.25) is 10.1 Å². The van der Waals surface area contributed by atoms with Crippen molar-refractivity contribution in [2.24, 2.45) is 0 Å². The number of phenolic OH excluding ortho intramolecular Hbond substituents is 1. The fourth-order valence-corrected chi connectivity index (χ4v) is 1.60. The summed E-state index contributed by atoms with van der Waals surface area (Å²) in [5.41, 5.74) is -0.302. The van der Waals surface area contributed by atoms with E-state index in [1.54, 1.807) is 20.8 Å². The maximum absolute atomic E-state index is 11.6. The summed E-state index contributed by atoms with van der Waals surface area (Å²) in [6.45, 7) is 5.15. The Morgan fingerprint density at radius 1 is 1.33 bits per heavy atom. The van der Waals surface area contributed by atoms with Crippen LogP contribution in [0.2, 0.25) is 0 Å². The third kappa shape index (κ3) is 5.70. The number of nitrogens with one attached hydrogen (secondary N) is 1. The van der Waals surface area contributed by atoms with Crippen molar-refractivity contribution in [2.75, 3.05) is 5.32 Å². The Bertz CT molecular complexity index is 535. The van der Waals surface area contributed by atoms with Gasteiger partial charge in [0.25, 0.3) is 0 Å². The average molecular weight is 297 g/mol. The lowest BCUT2D eigenvalue weighted by molar-refractivity contribution is -0.139. The Morgan fingerprint density at radius 3 is 2.43 bits per heavy atom. The van der Waals surface area contributed by atoms with Gasteiger partial charge in [-0.05, 0) is 26.8 Å². The Hall–Kier alpha value is -2.28. The Morgan fingerprint density at radius 2 is 1.95 bits per heavy atom. The molecule has 1 aromatic carbocycles. The number of carboxylic acids is 1. The third-order valence-electron chi connectivity index (χ3n) is 2.40. The van der Waals surface area contributed by atoms with Crippen molar-refractivity contribution >= 4 is 17.7 Å². The van der Waals surface area contributed by atoms with Crippen molar-refractivity contribution in [3.05, 3.63) is 23.8 Å². The SMILES string of the molecule is CC(C)(C)OC(=O)Nc1ccc([C@@H](O)CC(=O)O)c(O)c1. The number of aliphatic hydroxyl groups excluding tert-OH is 1. The van der Waals surface area contributed by atoms with E-state index in [0.29, 0.717) is 0 Å². The Balaban J connectivity index is 2.78. The van der Waals surface area contributed by atoms with E-state index in [2.05, 4.69) is 5.32 Å². The van der Waals surface area contributed by atoms with Gasteiger partial charge in [-0.2, -0.15) is 0 Å². The lowest BCUT2D eigenvalue weighted by Gasteiger charge is -2.20. The van der Waals surface area contributed by atoms with Gasteiger partial charge >= 0.3 is 12.1 Å². The molecule has 1 atom stereocenters. The molecule has 0 bridgehead atoms. The van der Waals surface area contributed by atoms with Crippen LogP contribution in [0.5, 0.6) is 5.75 Å². The lowest BCUT2D eigenvalue weighted by atomic mass is 10.0. The highest BCUT2D eigenvalue weighted by atomic mass is 16.6. The molecule has 7 heteroatoms. The van der Waals surface area contributed by atoms with E-state index in [4.69, 9.17) is 9.84 Å². The van der Waals surface area contributed by atoms with E-state index in [-0.39, 0.29) is 17.0 Å². The number of aromatic hydroxyl groups is 1. The quantitative estimate of drug-likeness (QED) is 0.677. The van der Waals surface area contributed by atoms with Gasteiger partial charge in [0.15, 0.2) is 0 Å². The van der Waals surface area contributed by atoms with Crippen LogP contribution in [-0.2, 0) is 9.53 Å². The second-order valence-corrected chi connectivity index (χ2v) is 5.51. The first-order valence-corrected chi connectivity index (χ1v) is 6.31. The van der Waals surface area contributed by atoms with Crippen LogP contribution in [0.3, 0.4) is 0 Å². The van der Waals surface area contributed by atoms with E-state index in [9.17, 15) is 19.8 Å². The monoisotopic (exact) mass is 297 g/mol. The minimum Gasteiger partial charge on any atom is -0.507 e. The number of phenols is 1. The van der Waals surface area contributed by atoms with Crippen LogP contribution in [0.15, 0.2) is 18.2 Å². The smallest absolute Gasteiger partial charge is 0.412 e. The maximum atomic E-state index is 11.6. The zero-order chi connectivity index (χ0) is 16.2. The van der Waals surface area contributed by atoms with E-state index in [0.717, 1.165) is 0 Å². The van der Waals surface area contributed by atoms with Crippen LogP contribution in [0.1, 0.15) is 38.9 Å². The van der Waals surface area contributed by atoms with Crippen LogP contribution < -0.4 is 5.32 Å². The van der Waals surface area contributed by atoms with E-state index in [1.165, 1.54) is 18.2 Å². The number of carboxylic acid groups (broad SMARTS) is 1. The van der Waals surface area contributed by atoms with Gasteiger partial charge in [-0.15, -0.1) is 0 Å². The van der Waals surface area contributed by atoms with Crippen LogP contribution in [0.4, 0.5) is 10.5 Å². The minimum atomic E-state index is -1.32. The number of hydrogen-bond acceptors (Lipinski definition) is 5. The number of hydrogen-bond donors (Lipinski definition) is 4. The van der Waals surface area contributed by atoms with Crippen molar-refractivity contribution in [3.63, 3.8) is 0 Å². The van der Waals surface area contributed by atoms with Crippen LogP contribution >= 0.6 is 0 Å². The number of aliphatic carboxylic acids is 1. The van der Waals surface area contributed by atoms with Gasteiger partial charge < -0.3 is 20.1 Å². The van der Waals surface area contributed by atoms with Gasteiger partial charge in [-0.1, -0.05) is 6.07 Å². The molecule has 0 fully saturated rings. The molecular formula is C14H19NO6. The molecule has 4 N–H and O–H groups in total. The molecule has 0 aliphatic carbocycles. The van der Waals surface area contributed by atoms with Crippen LogP contribution in [0, 0.1) is 0 Å². The van der Waals surface area contributed by atoms with E-state index in [1.807, 2.05) is 0 Å². The number of amides is 1. The Labute approximate surface area is 122 Å². The summed E-state index contributed by atoms with van der Waals surface area (Å²) in [5, 5.41) is 30.4. The Kier molecular flexibility index (Phi) is 5.15. The van der Waals surface area contributed by atoms with E-state index >= 15 is 0 Å². The first-order valence-electron chi connectivity index (χ1n) is 6.31. The largest absolute Gasteiger partial charge is 0.507 e. The molecule has 1 aromatic rings. The molecule has 0 aliphatic heterocycles. The van der Waals surface area contributed by atoms with Gasteiger partial charge in [0, 0.05) is 17.3 Å². The maximum Gasteiger partial charge on any atom is 0.412 e. The van der Waals surface area contributed by atoms with Crippen molar-refractivity contribution in [1.82, 2.24) is 0 Å². The number of carbonyl (C=O) groups excluding carboxylic acids is 1. The van der Waals surface area contributed by atoms with Gasteiger partial charge in [0.05, 0.1) is 12.5 Å². The predicted molar refractivity (Wildman–Crippen MR) is 75.2 cm³/mol. The molecule has 0 radical (unpaired) electrons. The summed E-state index contributed by atoms with van der Waals surface area (Å²) in [6, 6.07) is 3.99. The summed E-state index contributed by atoms with van der Waals surface area (Å²) in [5.74, 6) is -1.49. The van der Waals surface area contributed by atoms with Crippen molar-refractivity contribution in [1.29, 1.82) is 0 Å². The fraction of sp³-hybridized carbons (Fsp3) is 0.429. The molecule has 116 valence electrons. The molecule has 1 amide bonds. The first-order chi connectivity index (χ1) is 9.58. The molecule has 0 saturated carbocycles. The van der Waals surface area contributed by atoms with Gasteiger partial charge in [-0.25, -0.2) is 4.79 Å². The fourth-order valence-electron chi connectivity index (χ4n) is 1.60. The molecule has 0 spiro atoms. The van der Waals surface area contributed by atoms with Crippen LogP contribution in [0.25, 0.3) is 0 Å². The lowest BCUT2D eigenvalue weighted by Crippen LogP contribution is -2.27. The molecule has 0 unspecified atom stereocenters. The van der Waals surface area contributed by atoms with Crippen molar-refractivity contribution in [2.45, 2.75) is 38.9 Å². The zero-order valence-electron chi connectivity index (χ0n) is 12.1. The van der Waals surface area contributed by atoms with Gasteiger partial charge in [0.1, 0.15) is 11.4 Å². The highest BCUT2D eigenvalue weighted by Crippen LogP contribution is 2.29. The summed E-state index contributed by atoms with van der Waals surface area (Å²) in [4.78, 5) is 22.1. The number of benzene rings is 1. The summed E-state index contributed by atoms with van der Waals surface area (Å²) in [6.07, 6.45) is -2.52. The number of carbonyl (C=O) groups is 2. The highest BCUT2D eigenvalue weighted by Gasteiger charge is 2.18. The average Bonchev–Trinajstić information content (AvgIpc) is 2.24. The van der Waals surface area contributed by atoms with E-state index < -0.39 is 30.2 Å². The second kappa shape index (κ2) is 6.45. The molecule has 0 heterocycles. The molecule has 0 aromatic heterocycles. The standard InChI is InChI=1S/C14H19NO6/c1-14(2,3)21-13(20)15-8-4-5-9(10(16)6-8)11(17)7-12(18)19/h4-6,11,16-17H,7H2,1-3H3,(H,15,20)(H,18,19)/t11-/m0/s1. The molecule has 1 rings (SSSR count). The summed E-state index contributed by atoms with van der Waals surface area (Å²) in [7, 11) is 0. The normalized spacial score (nSPS) is 12.6. The summed E-state index contributed by atoms with van der Waals surface area (Å²) < 4.78 is 5.05. The van der Waals surface area contributed by atoms with Gasteiger partial charge in [0.2, 0.25) is 0 Å². The first kappa shape index (κ1) is 16.8. The third-order valence-corrected chi connectivity index (χ3v) is 2.40. The number of anilines is 1. The minimum absolute atomic E-state index is 0.0761. The molecule has 0 saturated heterocycles. The molecular weight excluding hydrogens is 278 g/mol. The zero-order valence-corrected chi connectivity index (χ0v) is 12.1. The number of aliphatic hydroxyl groups is 1. The van der Waals surface area contributed by atoms with Crippen LogP contribution in [-0.4, -0.2) is 33.0 Å². The van der Waals surface area contributed by atoms with Crippen molar-refractivity contribution in [3.8, 4) is 5.75 Å². The predicted octanol–water partition coefficient (Wildman–Crippen LogP) is 2.25. The highest BCUT2D eigenvalue weighted by molar-refractivity contribution is 5.85. The molecule has 7 nitrogen and oxygen atoms in total. The number of ether oxygens (including phenoxy) is 1. The number of rotatable bonds is 4. The molecule has 0 aliphatic rings. The second-order valence-electron chi connectivity index (χ2n) is 5.51.